The molecule has 0 spiro atoms. The topological polar surface area (TPSA) is 71.4 Å². The number of hydrogen-bond acceptors (Lipinski definition) is 3. The van der Waals surface area contributed by atoms with E-state index in [9.17, 15) is 13.2 Å². The first-order valence-corrected chi connectivity index (χ1v) is 7.39. The first-order chi connectivity index (χ1) is 7.67. The van der Waals surface area contributed by atoms with Gasteiger partial charge in [-0.05, 0) is 12.2 Å². The molecule has 1 rings (SSSR count). The van der Waals surface area contributed by atoms with E-state index in [1.807, 2.05) is 0 Å². The number of alkyl halides is 2. The molecule has 2 atom stereocenters. The zero-order valence-electron chi connectivity index (χ0n) is 8.65. The lowest BCUT2D eigenvalue weighted by Gasteiger charge is -2.30. The van der Waals surface area contributed by atoms with Crippen LogP contribution in [0.3, 0.4) is 0 Å². The average Bonchev–Trinajstić information content (AvgIpc) is 2.25. The van der Waals surface area contributed by atoms with Crippen molar-refractivity contribution in [1.82, 2.24) is 0 Å². The number of allylic oxidation sites excluding steroid dienone is 1. The van der Waals surface area contributed by atoms with Crippen LogP contribution in [0, 0.1) is 0 Å². The summed E-state index contributed by atoms with van der Waals surface area (Å²) in [7, 11) is -3.72. The maximum absolute atomic E-state index is 11.8. The zero-order valence-corrected chi connectivity index (χ0v) is 11.7. The molecule has 0 aliphatic heterocycles. The SMILES string of the molecule is CCS(=O)(=O)C1(Cl)C=CC(C(=O)O)=C(Cl)C1Cl. The first-order valence-electron chi connectivity index (χ1n) is 4.55. The summed E-state index contributed by atoms with van der Waals surface area (Å²) in [6.45, 7) is 1.42. The molecule has 1 aliphatic rings. The van der Waals surface area contributed by atoms with Crippen molar-refractivity contribution in [2.75, 3.05) is 5.75 Å². The fourth-order valence-electron chi connectivity index (χ4n) is 1.33. The van der Waals surface area contributed by atoms with Gasteiger partial charge in [-0.3, -0.25) is 0 Å². The standard InChI is InChI=1S/C9H9Cl3O4S/c1-2-17(15,16)9(12)4-3-5(8(13)14)6(10)7(9)11/h3-4,7H,2H2,1H3,(H,13,14). The molecule has 0 radical (unpaired) electrons. The molecule has 0 saturated heterocycles. The number of aliphatic carboxylic acids is 1. The second-order valence-electron chi connectivity index (χ2n) is 3.36. The van der Waals surface area contributed by atoms with Crippen molar-refractivity contribution in [3.05, 3.63) is 22.8 Å². The normalized spacial score (nSPS) is 29.5. The van der Waals surface area contributed by atoms with Crippen LogP contribution < -0.4 is 0 Å². The maximum atomic E-state index is 11.8. The molecule has 0 aromatic carbocycles. The van der Waals surface area contributed by atoms with Gasteiger partial charge in [0.15, 0.2) is 14.0 Å². The molecule has 96 valence electrons. The zero-order chi connectivity index (χ0) is 13.4. The monoisotopic (exact) mass is 318 g/mol. The Hall–Kier alpha value is -0.230. The Labute approximate surface area is 114 Å². The van der Waals surface area contributed by atoms with Crippen molar-refractivity contribution < 1.29 is 18.3 Å². The minimum Gasteiger partial charge on any atom is -0.478 e. The quantitative estimate of drug-likeness (QED) is 0.809. The largest absolute Gasteiger partial charge is 0.478 e. The second-order valence-corrected chi connectivity index (χ2v) is 7.54. The van der Waals surface area contributed by atoms with E-state index in [0.717, 1.165) is 12.2 Å². The van der Waals surface area contributed by atoms with Crippen molar-refractivity contribution in [3.8, 4) is 0 Å². The highest BCUT2D eigenvalue weighted by atomic mass is 35.5. The average molecular weight is 320 g/mol. The van der Waals surface area contributed by atoms with Crippen LogP contribution in [0.25, 0.3) is 0 Å². The van der Waals surface area contributed by atoms with E-state index in [1.54, 1.807) is 0 Å². The van der Waals surface area contributed by atoms with Crippen LogP contribution >= 0.6 is 34.8 Å². The van der Waals surface area contributed by atoms with Gasteiger partial charge in [0.05, 0.1) is 10.6 Å². The fraction of sp³-hybridized carbons (Fsp3) is 0.444. The molecule has 0 bridgehead atoms. The molecular weight excluding hydrogens is 311 g/mol. The van der Waals surface area contributed by atoms with E-state index >= 15 is 0 Å². The maximum Gasteiger partial charge on any atom is 0.336 e. The summed E-state index contributed by atoms with van der Waals surface area (Å²) >= 11 is 17.6. The van der Waals surface area contributed by atoms with Gasteiger partial charge in [0.25, 0.3) is 0 Å². The Morgan fingerprint density at radius 1 is 1.59 bits per heavy atom. The number of carbonyl (C=O) groups is 1. The molecule has 1 aliphatic carbocycles. The molecule has 4 nitrogen and oxygen atoms in total. The van der Waals surface area contributed by atoms with Crippen molar-refractivity contribution in [2.45, 2.75) is 16.5 Å². The molecule has 0 aromatic heterocycles. The van der Waals surface area contributed by atoms with Crippen LogP contribution in [0.4, 0.5) is 0 Å². The third-order valence-corrected chi connectivity index (χ3v) is 6.86. The van der Waals surface area contributed by atoms with E-state index < -0.39 is 25.4 Å². The van der Waals surface area contributed by atoms with Gasteiger partial charge in [-0.25, -0.2) is 13.2 Å². The van der Waals surface area contributed by atoms with Gasteiger partial charge in [0.2, 0.25) is 0 Å². The van der Waals surface area contributed by atoms with Crippen molar-refractivity contribution in [2.24, 2.45) is 0 Å². The van der Waals surface area contributed by atoms with Crippen LogP contribution in [0.5, 0.6) is 0 Å². The molecule has 8 heteroatoms. The summed E-state index contributed by atoms with van der Waals surface area (Å²) in [5.74, 6) is -1.51. The van der Waals surface area contributed by atoms with Crippen LogP contribution in [-0.4, -0.2) is 34.8 Å². The van der Waals surface area contributed by atoms with Crippen LogP contribution in [0.2, 0.25) is 0 Å². The molecule has 2 unspecified atom stereocenters. The molecule has 0 heterocycles. The molecule has 1 N–H and O–H groups in total. The highest BCUT2D eigenvalue weighted by Gasteiger charge is 2.49. The fourth-order valence-corrected chi connectivity index (χ4v) is 4.01. The van der Waals surface area contributed by atoms with Crippen molar-refractivity contribution in [3.63, 3.8) is 0 Å². The van der Waals surface area contributed by atoms with Gasteiger partial charge in [0.1, 0.15) is 5.38 Å². The molecule has 0 saturated carbocycles. The summed E-state index contributed by atoms with van der Waals surface area (Å²) in [6.07, 6.45) is 2.12. The van der Waals surface area contributed by atoms with Gasteiger partial charge < -0.3 is 5.11 Å². The summed E-state index contributed by atoms with van der Waals surface area (Å²) in [6, 6.07) is 0. The van der Waals surface area contributed by atoms with E-state index in [4.69, 9.17) is 39.9 Å². The Bertz CT molecular complexity index is 508. The van der Waals surface area contributed by atoms with Crippen molar-refractivity contribution in [1.29, 1.82) is 0 Å². The Morgan fingerprint density at radius 2 is 2.12 bits per heavy atom. The third-order valence-electron chi connectivity index (χ3n) is 2.39. The Balaban J connectivity index is 3.34. The molecular formula is C9H9Cl3O4S. The Kier molecular flexibility index (Phi) is 4.19. The van der Waals surface area contributed by atoms with Gasteiger partial charge in [-0.15, -0.1) is 11.6 Å². The van der Waals surface area contributed by atoms with Gasteiger partial charge in [-0.2, -0.15) is 0 Å². The minimum absolute atomic E-state index is 0.226. The highest BCUT2D eigenvalue weighted by Crippen LogP contribution is 2.42. The lowest BCUT2D eigenvalue weighted by Crippen LogP contribution is -2.43. The van der Waals surface area contributed by atoms with E-state index in [1.165, 1.54) is 6.92 Å². The smallest absolute Gasteiger partial charge is 0.336 e. The molecule has 0 aromatic rings. The van der Waals surface area contributed by atoms with E-state index in [2.05, 4.69) is 0 Å². The van der Waals surface area contributed by atoms with Crippen LogP contribution in [0.1, 0.15) is 6.92 Å². The molecule has 0 fully saturated rings. The van der Waals surface area contributed by atoms with E-state index in [-0.39, 0.29) is 16.4 Å². The molecule has 17 heavy (non-hydrogen) atoms. The number of halogens is 3. The predicted octanol–water partition coefficient (Wildman–Crippen LogP) is 2.11. The number of rotatable bonds is 3. The summed E-state index contributed by atoms with van der Waals surface area (Å²) in [4.78, 5) is 10.8. The number of hydrogen-bond donors (Lipinski definition) is 1. The van der Waals surface area contributed by atoms with Crippen LogP contribution in [0.15, 0.2) is 22.8 Å². The van der Waals surface area contributed by atoms with Crippen molar-refractivity contribution >= 4 is 50.6 Å². The van der Waals surface area contributed by atoms with Gasteiger partial charge >= 0.3 is 5.97 Å². The van der Waals surface area contributed by atoms with Crippen LogP contribution in [-0.2, 0) is 14.6 Å². The summed E-state index contributed by atoms with van der Waals surface area (Å²) in [5, 5.41) is 7.20. The first kappa shape index (κ1) is 14.8. The van der Waals surface area contributed by atoms with Gasteiger partial charge in [-0.1, -0.05) is 30.1 Å². The number of sulfone groups is 1. The molecule has 0 amide bonds. The highest BCUT2D eigenvalue weighted by molar-refractivity contribution is 7.94. The summed E-state index contributed by atoms with van der Waals surface area (Å²) in [5.41, 5.74) is -0.255. The number of carboxylic acids is 1. The van der Waals surface area contributed by atoms with E-state index in [0.29, 0.717) is 0 Å². The number of carboxylic acid groups (broad SMARTS) is 1. The predicted molar refractivity (Wildman–Crippen MR) is 67.3 cm³/mol. The third kappa shape index (κ3) is 2.34. The second kappa shape index (κ2) is 4.80. The lowest BCUT2D eigenvalue weighted by molar-refractivity contribution is -0.132. The summed E-state index contributed by atoms with van der Waals surface area (Å²) < 4.78 is 21.7. The lowest BCUT2D eigenvalue weighted by atomic mass is 10.1. The Morgan fingerprint density at radius 3 is 2.53 bits per heavy atom. The van der Waals surface area contributed by atoms with Gasteiger partial charge in [0, 0.05) is 5.75 Å². The minimum atomic E-state index is -3.72.